The minimum Gasteiger partial charge on any atom is -0.495 e. The van der Waals surface area contributed by atoms with Crippen molar-refractivity contribution in [2.75, 3.05) is 7.11 Å². The SMILES string of the molecule is COc1cccc2c(=O)cc(C)n(Cc3nn[nH]n3)c12. The van der Waals surface area contributed by atoms with Gasteiger partial charge in [0.05, 0.1) is 19.2 Å². The zero-order valence-electron chi connectivity index (χ0n) is 11.1. The Morgan fingerprint density at radius 3 is 2.95 bits per heavy atom. The highest BCUT2D eigenvalue weighted by molar-refractivity contribution is 5.85. The molecule has 7 heteroatoms. The third-order valence-electron chi connectivity index (χ3n) is 3.21. The Kier molecular flexibility index (Phi) is 2.94. The highest BCUT2D eigenvalue weighted by Gasteiger charge is 2.12. The van der Waals surface area contributed by atoms with Gasteiger partial charge in [-0.1, -0.05) is 11.3 Å². The van der Waals surface area contributed by atoms with Crippen molar-refractivity contribution >= 4 is 10.9 Å². The molecule has 0 unspecified atom stereocenters. The van der Waals surface area contributed by atoms with Crippen LogP contribution >= 0.6 is 0 Å². The van der Waals surface area contributed by atoms with E-state index in [1.54, 1.807) is 25.3 Å². The summed E-state index contributed by atoms with van der Waals surface area (Å²) in [7, 11) is 1.58. The molecule has 0 spiro atoms. The van der Waals surface area contributed by atoms with Crippen molar-refractivity contribution in [2.24, 2.45) is 0 Å². The maximum absolute atomic E-state index is 12.1. The third kappa shape index (κ3) is 1.93. The predicted octanol–water partition coefficient (Wildman–Crippen LogP) is 0.880. The normalized spacial score (nSPS) is 10.9. The molecule has 20 heavy (non-hydrogen) atoms. The van der Waals surface area contributed by atoms with Gasteiger partial charge in [-0.2, -0.15) is 5.21 Å². The average molecular weight is 271 g/mol. The minimum atomic E-state index is -0.0271. The molecule has 0 saturated heterocycles. The van der Waals surface area contributed by atoms with Crippen molar-refractivity contribution in [2.45, 2.75) is 13.5 Å². The van der Waals surface area contributed by atoms with Crippen molar-refractivity contribution < 1.29 is 4.74 Å². The zero-order valence-corrected chi connectivity index (χ0v) is 11.1. The Labute approximate surface area is 114 Å². The second kappa shape index (κ2) is 4.76. The zero-order chi connectivity index (χ0) is 14.1. The number of hydrogen-bond donors (Lipinski definition) is 1. The van der Waals surface area contributed by atoms with E-state index < -0.39 is 0 Å². The summed E-state index contributed by atoms with van der Waals surface area (Å²) in [5.74, 6) is 1.19. The molecule has 2 aromatic heterocycles. The first-order chi connectivity index (χ1) is 9.70. The molecule has 0 aliphatic carbocycles. The summed E-state index contributed by atoms with van der Waals surface area (Å²) in [6.45, 7) is 2.28. The van der Waals surface area contributed by atoms with Crippen molar-refractivity contribution in [1.29, 1.82) is 0 Å². The number of para-hydroxylation sites is 1. The number of hydrogen-bond acceptors (Lipinski definition) is 5. The molecule has 0 aliphatic rings. The molecule has 3 rings (SSSR count). The Balaban J connectivity index is 2.31. The van der Waals surface area contributed by atoms with Crippen LogP contribution in [-0.4, -0.2) is 32.3 Å². The van der Waals surface area contributed by atoms with Crippen molar-refractivity contribution in [3.63, 3.8) is 0 Å². The smallest absolute Gasteiger partial charge is 0.194 e. The number of rotatable bonds is 3. The van der Waals surface area contributed by atoms with Crippen LogP contribution in [0.2, 0.25) is 0 Å². The van der Waals surface area contributed by atoms with E-state index in [0.29, 0.717) is 23.5 Å². The third-order valence-corrected chi connectivity index (χ3v) is 3.21. The van der Waals surface area contributed by atoms with E-state index in [2.05, 4.69) is 20.6 Å². The Morgan fingerprint density at radius 2 is 2.25 bits per heavy atom. The van der Waals surface area contributed by atoms with Crippen LogP contribution in [-0.2, 0) is 6.54 Å². The lowest BCUT2D eigenvalue weighted by molar-refractivity contribution is 0.417. The number of ether oxygens (including phenoxy) is 1. The summed E-state index contributed by atoms with van der Waals surface area (Å²) < 4.78 is 7.32. The van der Waals surface area contributed by atoms with Gasteiger partial charge in [0.2, 0.25) is 0 Å². The number of pyridine rings is 1. The number of H-pyrrole nitrogens is 1. The highest BCUT2D eigenvalue weighted by Crippen LogP contribution is 2.24. The molecule has 0 radical (unpaired) electrons. The molecule has 1 aromatic carbocycles. The number of nitrogens with zero attached hydrogens (tertiary/aromatic N) is 4. The largest absolute Gasteiger partial charge is 0.495 e. The number of benzene rings is 1. The molecular weight excluding hydrogens is 258 g/mol. The van der Waals surface area contributed by atoms with E-state index in [1.165, 1.54) is 0 Å². The van der Waals surface area contributed by atoms with Gasteiger partial charge in [-0.25, -0.2) is 0 Å². The Hall–Kier alpha value is -2.70. The van der Waals surface area contributed by atoms with Crippen LogP contribution in [0.15, 0.2) is 29.1 Å². The van der Waals surface area contributed by atoms with Gasteiger partial charge in [0, 0.05) is 17.1 Å². The molecular formula is C13H13N5O2. The summed E-state index contributed by atoms with van der Waals surface area (Å²) in [4.78, 5) is 12.1. The van der Waals surface area contributed by atoms with Gasteiger partial charge in [-0.3, -0.25) is 4.79 Å². The van der Waals surface area contributed by atoms with Crippen LogP contribution in [0.25, 0.3) is 10.9 Å². The van der Waals surface area contributed by atoms with Crippen LogP contribution in [0.1, 0.15) is 11.5 Å². The summed E-state index contributed by atoms with van der Waals surface area (Å²) in [5.41, 5.74) is 1.53. The number of nitrogens with one attached hydrogen (secondary N) is 1. The van der Waals surface area contributed by atoms with Gasteiger partial charge in [0.25, 0.3) is 0 Å². The van der Waals surface area contributed by atoms with Gasteiger partial charge in [-0.05, 0) is 19.1 Å². The number of fused-ring (bicyclic) bond motifs is 1. The number of tetrazole rings is 1. The fourth-order valence-electron chi connectivity index (χ4n) is 2.28. The monoisotopic (exact) mass is 271 g/mol. The van der Waals surface area contributed by atoms with Gasteiger partial charge >= 0.3 is 0 Å². The Morgan fingerprint density at radius 1 is 1.40 bits per heavy atom. The van der Waals surface area contributed by atoms with Gasteiger partial charge in [0.15, 0.2) is 11.3 Å². The number of aromatic nitrogens is 5. The van der Waals surface area contributed by atoms with E-state index in [-0.39, 0.29) is 5.43 Å². The van der Waals surface area contributed by atoms with Crippen LogP contribution in [0, 0.1) is 6.92 Å². The quantitative estimate of drug-likeness (QED) is 0.764. The summed E-state index contributed by atoms with van der Waals surface area (Å²) in [6, 6.07) is 7.01. The maximum Gasteiger partial charge on any atom is 0.194 e. The summed E-state index contributed by atoms with van der Waals surface area (Å²) >= 11 is 0. The lowest BCUT2D eigenvalue weighted by Crippen LogP contribution is -2.14. The molecule has 0 aliphatic heterocycles. The van der Waals surface area contributed by atoms with Gasteiger partial charge in [0.1, 0.15) is 5.75 Å². The first-order valence-corrected chi connectivity index (χ1v) is 6.10. The number of aryl methyl sites for hydroxylation is 1. The summed E-state index contributed by atoms with van der Waals surface area (Å²) in [6.07, 6.45) is 0. The molecule has 0 amide bonds. The van der Waals surface area contributed by atoms with E-state index in [0.717, 1.165) is 11.2 Å². The second-order valence-electron chi connectivity index (χ2n) is 4.42. The number of methoxy groups -OCH3 is 1. The Bertz CT molecular complexity index is 807. The van der Waals surface area contributed by atoms with Crippen LogP contribution in [0.5, 0.6) is 5.75 Å². The highest BCUT2D eigenvalue weighted by atomic mass is 16.5. The fourth-order valence-corrected chi connectivity index (χ4v) is 2.28. The fraction of sp³-hybridized carbons (Fsp3) is 0.231. The first-order valence-electron chi connectivity index (χ1n) is 6.10. The van der Waals surface area contributed by atoms with E-state index in [4.69, 9.17) is 4.74 Å². The average Bonchev–Trinajstić information content (AvgIpc) is 2.95. The van der Waals surface area contributed by atoms with E-state index in [1.807, 2.05) is 17.6 Å². The van der Waals surface area contributed by atoms with Crippen LogP contribution < -0.4 is 10.2 Å². The van der Waals surface area contributed by atoms with Gasteiger partial charge < -0.3 is 9.30 Å². The van der Waals surface area contributed by atoms with E-state index in [9.17, 15) is 4.79 Å². The molecule has 2 heterocycles. The summed E-state index contributed by atoms with van der Waals surface area (Å²) in [5, 5.41) is 14.5. The molecule has 0 bridgehead atoms. The molecule has 102 valence electrons. The molecule has 7 nitrogen and oxygen atoms in total. The molecule has 1 N–H and O–H groups in total. The van der Waals surface area contributed by atoms with Crippen LogP contribution in [0.3, 0.4) is 0 Å². The van der Waals surface area contributed by atoms with E-state index >= 15 is 0 Å². The lowest BCUT2D eigenvalue weighted by atomic mass is 10.1. The predicted molar refractivity (Wildman–Crippen MR) is 72.8 cm³/mol. The van der Waals surface area contributed by atoms with Crippen LogP contribution in [0.4, 0.5) is 0 Å². The van der Waals surface area contributed by atoms with Crippen molar-refractivity contribution in [1.82, 2.24) is 25.2 Å². The van der Waals surface area contributed by atoms with Gasteiger partial charge in [-0.15, -0.1) is 10.2 Å². The topological polar surface area (TPSA) is 85.7 Å². The number of aromatic amines is 1. The maximum atomic E-state index is 12.1. The molecule has 3 aromatic rings. The first kappa shape index (κ1) is 12.3. The molecule has 0 atom stereocenters. The molecule has 0 fully saturated rings. The van der Waals surface area contributed by atoms with Crippen molar-refractivity contribution in [3.05, 3.63) is 46.0 Å². The van der Waals surface area contributed by atoms with Crippen molar-refractivity contribution in [3.8, 4) is 5.75 Å². The molecule has 0 saturated carbocycles. The second-order valence-corrected chi connectivity index (χ2v) is 4.42. The standard InChI is InChI=1S/C13H13N5O2/c1-8-6-10(19)9-4-3-5-11(20-2)13(9)18(8)7-12-14-16-17-15-12/h3-6H,7H2,1-2H3,(H,14,15,16,17). The lowest BCUT2D eigenvalue weighted by Gasteiger charge is -2.15. The minimum absolute atomic E-state index is 0.0271.